The lowest BCUT2D eigenvalue weighted by molar-refractivity contribution is 0.0172. The normalized spacial score (nSPS) is 21.5. The Bertz CT molecular complexity index is 385. The maximum atomic E-state index is 11.4. The molecule has 1 saturated heterocycles. The molecule has 82 valence electrons. The van der Waals surface area contributed by atoms with Gasteiger partial charge in [-0.05, 0) is 0 Å². The van der Waals surface area contributed by atoms with Crippen molar-refractivity contribution < 1.29 is 4.74 Å². The lowest BCUT2D eigenvalue weighted by atomic mass is 10.3. The van der Waals surface area contributed by atoms with Gasteiger partial charge in [-0.15, -0.1) is 0 Å². The first-order valence-electron chi connectivity index (χ1n) is 4.77. The highest BCUT2D eigenvalue weighted by atomic mass is 16.5. The van der Waals surface area contributed by atoms with Crippen LogP contribution in [0.5, 0.6) is 0 Å². The highest BCUT2D eigenvalue weighted by Gasteiger charge is 2.14. The van der Waals surface area contributed by atoms with Gasteiger partial charge in [-0.1, -0.05) is 0 Å². The molecule has 0 radical (unpaired) electrons. The second-order valence-corrected chi connectivity index (χ2v) is 3.35. The zero-order valence-electron chi connectivity index (χ0n) is 8.22. The van der Waals surface area contributed by atoms with Crippen molar-refractivity contribution in [1.29, 1.82) is 0 Å². The van der Waals surface area contributed by atoms with E-state index in [0.29, 0.717) is 13.2 Å². The van der Waals surface area contributed by atoms with Crippen molar-refractivity contribution in [2.45, 2.75) is 12.6 Å². The molecule has 0 aliphatic carbocycles. The fourth-order valence-corrected chi connectivity index (χ4v) is 1.45. The molecular weight excluding hydrogens is 198 g/mol. The van der Waals surface area contributed by atoms with Crippen LogP contribution in [0.2, 0.25) is 0 Å². The van der Waals surface area contributed by atoms with Crippen molar-refractivity contribution in [3.8, 4) is 0 Å². The summed E-state index contributed by atoms with van der Waals surface area (Å²) >= 11 is 0. The topological polar surface area (TPSA) is 95.1 Å². The summed E-state index contributed by atoms with van der Waals surface area (Å²) in [5.74, 6) is -0.000984. The summed E-state index contributed by atoms with van der Waals surface area (Å²) in [7, 11) is 0. The Balaban J connectivity index is 2.06. The van der Waals surface area contributed by atoms with Crippen LogP contribution in [0, 0.1) is 0 Å². The second-order valence-electron chi connectivity index (χ2n) is 3.35. The van der Waals surface area contributed by atoms with Gasteiger partial charge in [0.2, 0.25) is 5.95 Å². The van der Waals surface area contributed by atoms with Gasteiger partial charge in [0.05, 0.1) is 19.3 Å². The number of nitrogen functional groups attached to an aromatic ring is 1. The largest absolute Gasteiger partial charge is 0.374 e. The van der Waals surface area contributed by atoms with Crippen LogP contribution in [0.4, 0.5) is 5.95 Å². The number of hydrogen-bond donors (Lipinski definition) is 2. The molecule has 7 nitrogen and oxygen atoms in total. The molecule has 1 aliphatic rings. The van der Waals surface area contributed by atoms with E-state index in [1.807, 2.05) is 0 Å². The van der Waals surface area contributed by atoms with Crippen LogP contribution in [-0.2, 0) is 11.3 Å². The van der Waals surface area contributed by atoms with Gasteiger partial charge in [-0.25, -0.2) is 9.78 Å². The monoisotopic (exact) mass is 211 g/mol. The summed E-state index contributed by atoms with van der Waals surface area (Å²) < 4.78 is 6.85. The van der Waals surface area contributed by atoms with Crippen LogP contribution < -0.4 is 16.7 Å². The molecule has 1 fully saturated rings. The summed E-state index contributed by atoms with van der Waals surface area (Å²) in [6.07, 6.45) is 1.38. The maximum absolute atomic E-state index is 11.4. The smallest absolute Gasteiger partial charge is 0.352 e. The molecule has 3 N–H and O–H groups in total. The Morgan fingerprint density at radius 1 is 1.73 bits per heavy atom. The molecule has 15 heavy (non-hydrogen) atoms. The molecular formula is C8H13N5O2. The van der Waals surface area contributed by atoms with Gasteiger partial charge in [0.1, 0.15) is 6.33 Å². The predicted molar refractivity (Wildman–Crippen MR) is 53.3 cm³/mol. The Morgan fingerprint density at radius 2 is 2.60 bits per heavy atom. The van der Waals surface area contributed by atoms with Gasteiger partial charge in [0.25, 0.3) is 0 Å². The molecule has 1 atom stereocenters. The van der Waals surface area contributed by atoms with Crippen molar-refractivity contribution in [3.05, 3.63) is 16.8 Å². The number of aromatic nitrogens is 3. The highest BCUT2D eigenvalue weighted by Crippen LogP contribution is 1.98. The number of rotatable bonds is 2. The molecule has 7 heteroatoms. The van der Waals surface area contributed by atoms with Crippen molar-refractivity contribution in [2.75, 3.05) is 25.4 Å². The quantitative estimate of drug-likeness (QED) is 0.600. The molecule has 1 aromatic heterocycles. The fraction of sp³-hybridized carbons (Fsp3) is 0.625. The Kier molecular flexibility index (Phi) is 2.93. The van der Waals surface area contributed by atoms with Gasteiger partial charge in [0.15, 0.2) is 0 Å². The molecule has 0 aromatic carbocycles. The Morgan fingerprint density at radius 3 is 3.27 bits per heavy atom. The van der Waals surface area contributed by atoms with Crippen LogP contribution in [0.15, 0.2) is 11.1 Å². The zero-order chi connectivity index (χ0) is 10.7. The lowest BCUT2D eigenvalue weighted by Crippen LogP contribution is -2.42. The van der Waals surface area contributed by atoms with Crippen LogP contribution in [0.3, 0.4) is 0 Å². The molecule has 1 aliphatic heterocycles. The van der Waals surface area contributed by atoms with Crippen molar-refractivity contribution in [2.24, 2.45) is 0 Å². The molecule has 0 saturated carbocycles. The number of nitrogens with one attached hydrogen (secondary N) is 1. The summed E-state index contributed by atoms with van der Waals surface area (Å²) in [4.78, 5) is 18.7. The van der Waals surface area contributed by atoms with Gasteiger partial charge in [-0.2, -0.15) is 4.98 Å². The second kappa shape index (κ2) is 4.37. The van der Waals surface area contributed by atoms with E-state index in [4.69, 9.17) is 10.5 Å². The number of ether oxygens (including phenoxy) is 1. The maximum Gasteiger partial charge on any atom is 0.352 e. The van der Waals surface area contributed by atoms with E-state index in [9.17, 15) is 4.79 Å². The van der Waals surface area contributed by atoms with E-state index >= 15 is 0 Å². The predicted octanol–water partition coefficient (Wildman–Crippen LogP) is -1.79. The number of nitrogens with zero attached hydrogens (tertiary/aromatic N) is 3. The van der Waals surface area contributed by atoms with Crippen molar-refractivity contribution in [1.82, 2.24) is 19.9 Å². The molecule has 2 rings (SSSR count). The fourth-order valence-electron chi connectivity index (χ4n) is 1.45. The zero-order valence-corrected chi connectivity index (χ0v) is 8.22. The Hall–Kier alpha value is -1.47. The molecule has 1 aromatic rings. The number of anilines is 1. The van der Waals surface area contributed by atoms with Gasteiger partial charge in [-0.3, -0.25) is 4.57 Å². The number of hydrogen-bond acceptors (Lipinski definition) is 6. The average molecular weight is 211 g/mol. The van der Waals surface area contributed by atoms with E-state index in [-0.39, 0.29) is 12.1 Å². The minimum absolute atomic E-state index is 0.000984. The third kappa shape index (κ3) is 2.51. The summed E-state index contributed by atoms with van der Waals surface area (Å²) in [5.41, 5.74) is 4.89. The van der Waals surface area contributed by atoms with Gasteiger partial charge >= 0.3 is 5.69 Å². The minimum Gasteiger partial charge on any atom is -0.374 e. The third-order valence-electron chi connectivity index (χ3n) is 2.19. The molecule has 0 amide bonds. The van der Waals surface area contributed by atoms with E-state index in [1.165, 1.54) is 10.9 Å². The first-order valence-corrected chi connectivity index (χ1v) is 4.77. The summed E-state index contributed by atoms with van der Waals surface area (Å²) in [5, 5.41) is 3.18. The van der Waals surface area contributed by atoms with Gasteiger partial charge < -0.3 is 15.8 Å². The van der Waals surface area contributed by atoms with E-state index in [2.05, 4.69) is 15.3 Å². The van der Waals surface area contributed by atoms with Gasteiger partial charge in [0, 0.05) is 13.1 Å². The van der Waals surface area contributed by atoms with E-state index in [1.54, 1.807) is 0 Å². The minimum atomic E-state index is -0.392. The third-order valence-corrected chi connectivity index (χ3v) is 2.19. The summed E-state index contributed by atoms with van der Waals surface area (Å²) in [6.45, 7) is 2.70. The number of morpholine rings is 1. The first-order chi connectivity index (χ1) is 7.25. The standard InChI is InChI=1S/C8H13N5O2/c9-7-11-5-13(8(14)12-7)4-6-3-10-1-2-15-6/h5-6,10H,1-4H2,(H2,9,12,14). The van der Waals surface area contributed by atoms with Crippen LogP contribution in [0.1, 0.15) is 0 Å². The van der Waals surface area contributed by atoms with Crippen LogP contribution in [-0.4, -0.2) is 40.3 Å². The summed E-state index contributed by atoms with van der Waals surface area (Å²) in [6, 6.07) is 0. The SMILES string of the molecule is Nc1ncn(CC2CNCCO2)c(=O)n1. The van der Waals surface area contributed by atoms with E-state index < -0.39 is 5.69 Å². The number of nitrogens with two attached hydrogens (primary N) is 1. The molecule has 0 spiro atoms. The van der Waals surface area contributed by atoms with E-state index in [0.717, 1.165) is 13.1 Å². The van der Waals surface area contributed by atoms with Crippen molar-refractivity contribution >= 4 is 5.95 Å². The molecule has 2 heterocycles. The van der Waals surface area contributed by atoms with Crippen LogP contribution >= 0.6 is 0 Å². The first kappa shape index (κ1) is 10.1. The Labute approximate surface area is 86.3 Å². The van der Waals surface area contributed by atoms with Crippen LogP contribution in [0.25, 0.3) is 0 Å². The highest BCUT2D eigenvalue weighted by molar-refractivity contribution is 5.09. The lowest BCUT2D eigenvalue weighted by Gasteiger charge is -2.23. The molecule has 0 bridgehead atoms. The molecule has 1 unspecified atom stereocenters. The average Bonchev–Trinajstić information content (AvgIpc) is 2.24. The van der Waals surface area contributed by atoms with Crippen molar-refractivity contribution in [3.63, 3.8) is 0 Å².